The molecular formula is C16H30O5. The van der Waals surface area contributed by atoms with Crippen LogP contribution in [-0.4, -0.2) is 55.0 Å². The maximum absolute atomic E-state index is 9.08. The number of ether oxygens (including phenoxy) is 2. The van der Waals surface area contributed by atoms with Crippen LogP contribution in [0.2, 0.25) is 0 Å². The number of benzene rings is 1. The lowest BCUT2D eigenvalue weighted by Crippen LogP contribution is -2.09. The molecule has 0 saturated carbocycles. The molecule has 0 bridgehead atoms. The highest BCUT2D eigenvalue weighted by Crippen LogP contribution is 2.15. The summed E-state index contributed by atoms with van der Waals surface area (Å²) in [5, 5.41) is 26.7. The molecule has 0 radical (unpaired) electrons. The molecule has 1 aromatic rings. The van der Waals surface area contributed by atoms with E-state index < -0.39 is 0 Å². The molecule has 0 atom stereocenters. The number of hydrogen-bond donors (Lipinski definition) is 3. The molecule has 21 heavy (non-hydrogen) atoms. The average Bonchev–Trinajstić information content (AvgIpc) is 2.45. The lowest BCUT2D eigenvalue weighted by atomic mass is 10.00. The zero-order valence-corrected chi connectivity index (χ0v) is 11.0. The smallest absolute Gasteiger partial charge is 0.0718 e. The maximum Gasteiger partial charge on any atom is 0.0718 e. The van der Waals surface area contributed by atoms with Gasteiger partial charge in [0, 0.05) is 5.92 Å². The first-order valence-electron chi connectivity index (χ1n) is 6.38. The van der Waals surface area contributed by atoms with Gasteiger partial charge >= 0.3 is 0 Å². The third kappa shape index (κ3) is 8.80. The molecule has 0 fully saturated rings. The van der Waals surface area contributed by atoms with Gasteiger partial charge in [-0.3, -0.25) is 0 Å². The lowest BCUT2D eigenvalue weighted by Gasteiger charge is -2.12. The Kier molecular flexibility index (Phi) is 14.8. The van der Waals surface area contributed by atoms with Gasteiger partial charge in [-0.25, -0.2) is 0 Å². The summed E-state index contributed by atoms with van der Waals surface area (Å²) in [6.45, 7) is 1.68. The Balaban J connectivity index is 0. The van der Waals surface area contributed by atoms with Crippen LogP contribution in [0.4, 0.5) is 0 Å². The van der Waals surface area contributed by atoms with E-state index in [9.17, 15) is 0 Å². The van der Waals surface area contributed by atoms with Crippen molar-refractivity contribution in [2.45, 2.75) is 27.4 Å². The van der Waals surface area contributed by atoms with E-state index in [1.54, 1.807) is 0 Å². The van der Waals surface area contributed by atoms with Gasteiger partial charge in [-0.05, 0) is 11.1 Å². The molecule has 5 nitrogen and oxygen atoms in total. The Morgan fingerprint density at radius 1 is 0.810 bits per heavy atom. The van der Waals surface area contributed by atoms with Crippen molar-refractivity contribution in [3.05, 3.63) is 35.4 Å². The molecule has 5 heteroatoms. The highest BCUT2D eigenvalue weighted by molar-refractivity contribution is 5.25. The minimum atomic E-state index is -0.221. The molecular weight excluding hydrogens is 272 g/mol. The van der Waals surface area contributed by atoms with Crippen molar-refractivity contribution in [3.8, 4) is 0 Å². The zero-order chi connectivity index (χ0) is 13.9. The van der Waals surface area contributed by atoms with Crippen LogP contribution in [-0.2, 0) is 16.1 Å². The minimum absolute atomic E-state index is 0. The van der Waals surface area contributed by atoms with Gasteiger partial charge in [0.1, 0.15) is 0 Å². The molecule has 0 spiro atoms. The van der Waals surface area contributed by atoms with Crippen LogP contribution in [0, 0.1) is 0 Å². The second-order valence-corrected chi connectivity index (χ2v) is 4.19. The SMILES string of the molecule is C.C.OCCOCCOCc1ccc(C(CO)CO)cc1. The molecule has 0 heterocycles. The first-order valence-corrected chi connectivity index (χ1v) is 6.38. The molecule has 3 N–H and O–H groups in total. The van der Waals surface area contributed by atoms with Crippen molar-refractivity contribution in [1.82, 2.24) is 0 Å². The summed E-state index contributed by atoms with van der Waals surface area (Å²) >= 11 is 0. The highest BCUT2D eigenvalue weighted by atomic mass is 16.5. The Bertz CT molecular complexity index is 322. The molecule has 1 aromatic carbocycles. The van der Waals surface area contributed by atoms with Crippen molar-refractivity contribution in [1.29, 1.82) is 0 Å². The van der Waals surface area contributed by atoms with Crippen molar-refractivity contribution in [3.63, 3.8) is 0 Å². The van der Waals surface area contributed by atoms with E-state index in [-0.39, 0.29) is 40.6 Å². The predicted octanol–water partition coefficient (Wildman–Crippen LogP) is 1.55. The van der Waals surface area contributed by atoms with Crippen molar-refractivity contribution >= 4 is 0 Å². The second kappa shape index (κ2) is 14.0. The molecule has 124 valence electrons. The van der Waals surface area contributed by atoms with Gasteiger partial charge in [-0.15, -0.1) is 0 Å². The number of rotatable bonds is 10. The molecule has 0 unspecified atom stereocenters. The third-order valence-electron chi connectivity index (χ3n) is 2.77. The number of aliphatic hydroxyl groups excluding tert-OH is 3. The fourth-order valence-corrected chi connectivity index (χ4v) is 1.63. The summed E-state index contributed by atoms with van der Waals surface area (Å²) in [5.41, 5.74) is 1.94. The molecule has 0 aliphatic carbocycles. The summed E-state index contributed by atoms with van der Waals surface area (Å²) in [6.07, 6.45) is 0. The van der Waals surface area contributed by atoms with Crippen molar-refractivity contribution in [2.24, 2.45) is 0 Å². The largest absolute Gasteiger partial charge is 0.396 e. The summed E-state index contributed by atoms with van der Waals surface area (Å²) in [7, 11) is 0. The predicted molar refractivity (Wildman–Crippen MR) is 84.4 cm³/mol. The maximum atomic E-state index is 9.08. The van der Waals surface area contributed by atoms with Gasteiger partial charge in [0.2, 0.25) is 0 Å². The first-order chi connectivity index (χ1) is 9.31. The molecule has 0 aliphatic rings. The number of aliphatic hydroxyl groups is 3. The van der Waals surface area contributed by atoms with E-state index in [1.165, 1.54) is 0 Å². The standard InChI is InChI=1S/C14H22O5.2CH4/c15-5-6-18-7-8-19-11-12-1-3-13(4-2-12)14(9-16)10-17;;/h1-4,14-17H,5-11H2;2*1H4. The van der Waals surface area contributed by atoms with E-state index >= 15 is 0 Å². The van der Waals surface area contributed by atoms with Gasteiger partial charge in [-0.2, -0.15) is 0 Å². The van der Waals surface area contributed by atoms with Crippen LogP contribution in [0.5, 0.6) is 0 Å². The van der Waals surface area contributed by atoms with Crippen LogP contribution in [0.25, 0.3) is 0 Å². The summed E-state index contributed by atoms with van der Waals surface area (Å²) in [4.78, 5) is 0. The van der Waals surface area contributed by atoms with Crippen LogP contribution in [0.3, 0.4) is 0 Å². The summed E-state index contributed by atoms with van der Waals surface area (Å²) in [6, 6.07) is 7.61. The fraction of sp³-hybridized carbons (Fsp3) is 0.625. The molecule has 0 aromatic heterocycles. The average molecular weight is 302 g/mol. The Morgan fingerprint density at radius 3 is 1.90 bits per heavy atom. The summed E-state index contributed by atoms with van der Waals surface area (Å²) in [5.74, 6) is -0.221. The van der Waals surface area contributed by atoms with E-state index in [1.807, 2.05) is 24.3 Å². The second-order valence-electron chi connectivity index (χ2n) is 4.19. The Hall–Kier alpha value is -0.980. The van der Waals surface area contributed by atoms with Crippen LogP contribution >= 0.6 is 0 Å². The van der Waals surface area contributed by atoms with Crippen molar-refractivity contribution < 1.29 is 24.8 Å². The minimum Gasteiger partial charge on any atom is -0.396 e. The molecule has 1 rings (SSSR count). The topological polar surface area (TPSA) is 79.2 Å². The Labute approximate surface area is 128 Å². The van der Waals surface area contributed by atoms with Gasteiger partial charge in [0.05, 0.1) is 46.2 Å². The lowest BCUT2D eigenvalue weighted by molar-refractivity contribution is 0.0274. The normalized spacial score (nSPS) is 10.1. The molecule has 0 amide bonds. The molecule has 0 saturated heterocycles. The zero-order valence-electron chi connectivity index (χ0n) is 11.0. The highest BCUT2D eigenvalue weighted by Gasteiger charge is 2.08. The van der Waals surface area contributed by atoms with Gasteiger partial charge in [-0.1, -0.05) is 39.1 Å². The number of hydrogen-bond acceptors (Lipinski definition) is 5. The van der Waals surface area contributed by atoms with Gasteiger partial charge < -0.3 is 24.8 Å². The quantitative estimate of drug-likeness (QED) is 0.572. The Morgan fingerprint density at radius 2 is 1.38 bits per heavy atom. The van der Waals surface area contributed by atoms with E-state index in [2.05, 4.69) is 0 Å². The monoisotopic (exact) mass is 302 g/mol. The van der Waals surface area contributed by atoms with Crippen LogP contribution < -0.4 is 0 Å². The van der Waals surface area contributed by atoms with Gasteiger partial charge in [0.15, 0.2) is 0 Å². The van der Waals surface area contributed by atoms with Gasteiger partial charge in [0.25, 0.3) is 0 Å². The van der Waals surface area contributed by atoms with Crippen molar-refractivity contribution in [2.75, 3.05) is 39.6 Å². The van der Waals surface area contributed by atoms with Crippen LogP contribution in [0.1, 0.15) is 31.9 Å². The van der Waals surface area contributed by atoms with E-state index in [4.69, 9.17) is 24.8 Å². The van der Waals surface area contributed by atoms with E-state index in [0.717, 1.165) is 11.1 Å². The van der Waals surface area contributed by atoms with E-state index in [0.29, 0.717) is 26.4 Å². The van der Waals surface area contributed by atoms with Crippen LogP contribution in [0.15, 0.2) is 24.3 Å². The molecule has 0 aliphatic heterocycles. The fourth-order valence-electron chi connectivity index (χ4n) is 1.63. The summed E-state index contributed by atoms with van der Waals surface area (Å²) < 4.78 is 10.5. The third-order valence-corrected chi connectivity index (χ3v) is 2.77. The first kappa shape index (κ1) is 22.3.